The molecule has 106 valence electrons. The minimum Gasteiger partial charge on any atom is -0.491 e. The third-order valence-electron chi connectivity index (χ3n) is 3.75. The first-order valence-electron chi connectivity index (χ1n) is 7.22. The summed E-state index contributed by atoms with van der Waals surface area (Å²) >= 11 is 0. The number of nitrogens with one attached hydrogen (secondary N) is 1. The van der Waals surface area contributed by atoms with Crippen LogP contribution in [0.2, 0.25) is 0 Å². The van der Waals surface area contributed by atoms with Gasteiger partial charge in [-0.2, -0.15) is 0 Å². The molecule has 1 aromatic rings. The Kier molecular flexibility index (Phi) is 5.67. The molecule has 19 heavy (non-hydrogen) atoms. The number of rotatable bonds is 6. The minimum absolute atomic E-state index is 0.586. The van der Waals surface area contributed by atoms with Gasteiger partial charge in [0.15, 0.2) is 0 Å². The molecule has 1 N–H and O–H groups in total. The maximum absolute atomic E-state index is 5.79. The number of methoxy groups -OCH3 is 1. The van der Waals surface area contributed by atoms with Crippen molar-refractivity contribution in [1.29, 1.82) is 0 Å². The highest BCUT2D eigenvalue weighted by Crippen LogP contribution is 2.23. The summed E-state index contributed by atoms with van der Waals surface area (Å²) in [4.78, 5) is 0. The van der Waals surface area contributed by atoms with Crippen molar-refractivity contribution >= 4 is 0 Å². The van der Waals surface area contributed by atoms with E-state index < -0.39 is 0 Å². The summed E-state index contributed by atoms with van der Waals surface area (Å²) in [6.45, 7) is 4.69. The van der Waals surface area contributed by atoms with Crippen LogP contribution in [-0.2, 0) is 11.2 Å². The second-order valence-electron chi connectivity index (χ2n) is 5.44. The highest BCUT2D eigenvalue weighted by atomic mass is 16.5. The van der Waals surface area contributed by atoms with Gasteiger partial charge in [-0.25, -0.2) is 0 Å². The molecule has 1 saturated heterocycles. The number of hydrogen-bond donors (Lipinski definition) is 1. The molecule has 2 rings (SSSR count). The van der Waals surface area contributed by atoms with E-state index in [0.717, 1.165) is 24.6 Å². The molecule has 0 aliphatic carbocycles. The Hall–Kier alpha value is -1.06. The lowest BCUT2D eigenvalue weighted by molar-refractivity contribution is 0.145. The lowest BCUT2D eigenvalue weighted by Crippen LogP contribution is -2.39. The molecule has 3 heteroatoms. The largest absolute Gasteiger partial charge is 0.491 e. The van der Waals surface area contributed by atoms with Gasteiger partial charge in [-0.15, -0.1) is 0 Å². The molecule has 0 aromatic heterocycles. The van der Waals surface area contributed by atoms with Gasteiger partial charge in [-0.1, -0.05) is 25.1 Å². The summed E-state index contributed by atoms with van der Waals surface area (Å²) in [6.07, 6.45) is 3.63. The van der Waals surface area contributed by atoms with Crippen molar-refractivity contribution < 1.29 is 9.47 Å². The molecule has 1 aromatic carbocycles. The van der Waals surface area contributed by atoms with Gasteiger partial charge in [0.25, 0.3) is 0 Å². The van der Waals surface area contributed by atoms with Crippen LogP contribution in [0, 0.1) is 5.92 Å². The van der Waals surface area contributed by atoms with Crippen LogP contribution in [0.25, 0.3) is 0 Å². The monoisotopic (exact) mass is 263 g/mol. The Balaban J connectivity index is 1.91. The van der Waals surface area contributed by atoms with Gasteiger partial charge in [-0.3, -0.25) is 0 Å². The zero-order valence-corrected chi connectivity index (χ0v) is 12.0. The molecule has 0 radical (unpaired) electrons. The SMILES string of the molecule is COCCOc1ccccc1CC1CCC(C)CN1. The fourth-order valence-corrected chi connectivity index (χ4v) is 2.55. The second-order valence-corrected chi connectivity index (χ2v) is 5.44. The maximum atomic E-state index is 5.79. The molecule has 1 aliphatic heterocycles. The maximum Gasteiger partial charge on any atom is 0.122 e. The van der Waals surface area contributed by atoms with Crippen molar-refractivity contribution in [3.05, 3.63) is 29.8 Å². The molecule has 1 heterocycles. The van der Waals surface area contributed by atoms with Crippen LogP contribution in [0.1, 0.15) is 25.3 Å². The van der Waals surface area contributed by atoms with E-state index in [-0.39, 0.29) is 0 Å². The van der Waals surface area contributed by atoms with Crippen LogP contribution in [0.3, 0.4) is 0 Å². The van der Waals surface area contributed by atoms with E-state index in [9.17, 15) is 0 Å². The Bertz CT molecular complexity index is 373. The van der Waals surface area contributed by atoms with E-state index in [4.69, 9.17) is 9.47 Å². The first kappa shape index (κ1) is 14.4. The topological polar surface area (TPSA) is 30.5 Å². The van der Waals surface area contributed by atoms with Crippen molar-refractivity contribution in [2.24, 2.45) is 5.92 Å². The molecule has 2 unspecified atom stereocenters. The van der Waals surface area contributed by atoms with Gasteiger partial charge >= 0.3 is 0 Å². The normalized spacial score (nSPS) is 23.3. The summed E-state index contributed by atoms with van der Waals surface area (Å²) < 4.78 is 10.8. The first-order chi connectivity index (χ1) is 9.29. The van der Waals surface area contributed by atoms with Gasteiger partial charge in [0.2, 0.25) is 0 Å². The molecule has 0 saturated carbocycles. The smallest absolute Gasteiger partial charge is 0.122 e. The van der Waals surface area contributed by atoms with Crippen LogP contribution < -0.4 is 10.1 Å². The van der Waals surface area contributed by atoms with Gasteiger partial charge < -0.3 is 14.8 Å². The third kappa shape index (κ3) is 4.51. The Labute approximate surface area is 116 Å². The van der Waals surface area contributed by atoms with Crippen LogP contribution in [0.5, 0.6) is 5.75 Å². The highest BCUT2D eigenvalue weighted by Gasteiger charge is 2.18. The van der Waals surface area contributed by atoms with Crippen LogP contribution >= 0.6 is 0 Å². The predicted octanol–water partition coefficient (Wildman–Crippen LogP) is 2.64. The molecule has 2 atom stereocenters. The lowest BCUT2D eigenvalue weighted by Gasteiger charge is -2.28. The molecular formula is C16H25NO2. The summed E-state index contributed by atoms with van der Waals surface area (Å²) in [6, 6.07) is 8.92. The Morgan fingerprint density at radius 3 is 2.79 bits per heavy atom. The summed E-state index contributed by atoms with van der Waals surface area (Å²) in [5.74, 6) is 1.81. The first-order valence-corrected chi connectivity index (χ1v) is 7.22. The third-order valence-corrected chi connectivity index (χ3v) is 3.75. The minimum atomic E-state index is 0.586. The Morgan fingerprint density at radius 1 is 1.21 bits per heavy atom. The zero-order chi connectivity index (χ0) is 13.5. The Morgan fingerprint density at radius 2 is 2.05 bits per heavy atom. The second kappa shape index (κ2) is 7.51. The lowest BCUT2D eigenvalue weighted by atomic mass is 9.92. The average Bonchev–Trinajstić information content (AvgIpc) is 2.43. The molecule has 1 fully saturated rings. The zero-order valence-electron chi connectivity index (χ0n) is 12.0. The van der Waals surface area contributed by atoms with Gasteiger partial charge in [0.1, 0.15) is 12.4 Å². The van der Waals surface area contributed by atoms with E-state index in [2.05, 4.69) is 30.4 Å². The molecule has 0 bridgehead atoms. The number of benzene rings is 1. The van der Waals surface area contributed by atoms with E-state index in [0.29, 0.717) is 19.3 Å². The van der Waals surface area contributed by atoms with Crippen molar-refractivity contribution in [3.8, 4) is 5.75 Å². The molecule has 3 nitrogen and oxygen atoms in total. The molecule has 0 spiro atoms. The molecule has 1 aliphatic rings. The molecular weight excluding hydrogens is 238 g/mol. The number of para-hydroxylation sites is 1. The van der Waals surface area contributed by atoms with Gasteiger partial charge in [0, 0.05) is 13.2 Å². The van der Waals surface area contributed by atoms with Gasteiger partial charge in [0.05, 0.1) is 6.61 Å². The van der Waals surface area contributed by atoms with Crippen molar-refractivity contribution in [1.82, 2.24) is 5.32 Å². The summed E-state index contributed by atoms with van der Waals surface area (Å²) in [5, 5.41) is 3.63. The summed E-state index contributed by atoms with van der Waals surface area (Å²) in [5.41, 5.74) is 1.30. The highest BCUT2D eigenvalue weighted by molar-refractivity contribution is 5.34. The van der Waals surface area contributed by atoms with Crippen LogP contribution in [0.4, 0.5) is 0 Å². The van der Waals surface area contributed by atoms with Crippen molar-refractivity contribution in [2.45, 2.75) is 32.2 Å². The van der Waals surface area contributed by atoms with E-state index in [1.807, 2.05) is 6.07 Å². The quantitative estimate of drug-likeness (QED) is 0.800. The van der Waals surface area contributed by atoms with E-state index in [1.165, 1.54) is 18.4 Å². The summed E-state index contributed by atoms with van der Waals surface area (Å²) in [7, 11) is 1.70. The fourth-order valence-electron chi connectivity index (χ4n) is 2.55. The fraction of sp³-hybridized carbons (Fsp3) is 0.625. The van der Waals surface area contributed by atoms with E-state index >= 15 is 0 Å². The van der Waals surface area contributed by atoms with Crippen molar-refractivity contribution in [3.63, 3.8) is 0 Å². The van der Waals surface area contributed by atoms with Crippen LogP contribution in [-0.4, -0.2) is 32.9 Å². The average molecular weight is 263 g/mol. The number of hydrogen-bond acceptors (Lipinski definition) is 3. The predicted molar refractivity (Wildman–Crippen MR) is 77.7 cm³/mol. The number of piperidine rings is 1. The molecule has 0 amide bonds. The van der Waals surface area contributed by atoms with Crippen LogP contribution in [0.15, 0.2) is 24.3 Å². The number of ether oxygens (including phenoxy) is 2. The standard InChI is InChI=1S/C16H25NO2/c1-13-7-8-15(17-12-13)11-14-5-3-4-6-16(14)19-10-9-18-2/h3-6,13,15,17H,7-12H2,1-2H3. The van der Waals surface area contributed by atoms with Gasteiger partial charge in [-0.05, 0) is 43.4 Å². The van der Waals surface area contributed by atoms with Crippen molar-refractivity contribution in [2.75, 3.05) is 26.9 Å². The van der Waals surface area contributed by atoms with E-state index in [1.54, 1.807) is 7.11 Å².